The number of benzene rings is 1. The smallest absolute Gasteiger partial charge is 0.191 e. The molecule has 138 valence electrons. The van der Waals surface area contributed by atoms with Crippen LogP contribution in [0.1, 0.15) is 27.7 Å². The van der Waals surface area contributed by atoms with Gasteiger partial charge in [-0.3, -0.25) is 4.99 Å². The van der Waals surface area contributed by atoms with E-state index in [-0.39, 0.29) is 47.2 Å². The first-order valence-corrected chi connectivity index (χ1v) is 7.92. The van der Waals surface area contributed by atoms with Crippen LogP contribution >= 0.6 is 24.0 Å². The summed E-state index contributed by atoms with van der Waals surface area (Å²) < 4.78 is 19.1. The van der Waals surface area contributed by atoms with Crippen LogP contribution in [0, 0.1) is 5.82 Å². The molecule has 0 bridgehead atoms. The minimum absolute atomic E-state index is 0. The molecule has 1 aromatic rings. The average molecular weight is 452 g/mol. The Labute approximate surface area is 161 Å². The van der Waals surface area contributed by atoms with Crippen molar-refractivity contribution in [2.75, 3.05) is 26.7 Å². The first kappa shape index (κ1) is 22.9. The van der Waals surface area contributed by atoms with E-state index >= 15 is 0 Å². The molecule has 1 atom stereocenters. The van der Waals surface area contributed by atoms with Crippen molar-refractivity contribution in [2.45, 2.75) is 39.3 Å². The van der Waals surface area contributed by atoms with Gasteiger partial charge in [0.05, 0.1) is 6.54 Å². The zero-order valence-corrected chi connectivity index (χ0v) is 17.5. The molecule has 0 fully saturated rings. The maximum Gasteiger partial charge on any atom is 0.191 e. The zero-order valence-electron chi connectivity index (χ0n) is 15.1. The number of aliphatic imine (C=N–C) groups is 1. The Hall–Kier alpha value is -1.09. The second kappa shape index (κ2) is 11.5. The number of halogens is 2. The third-order valence-electron chi connectivity index (χ3n) is 3.02. The van der Waals surface area contributed by atoms with E-state index in [1.165, 1.54) is 6.07 Å². The zero-order chi connectivity index (χ0) is 17.3. The fourth-order valence-corrected chi connectivity index (χ4v) is 1.88. The van der Waals surface area contributed by atoms with Crippen molar-refractivity contribution in [1.29, 1.82) is 0 Å². The summed E-state index contributed by atoms with van der Waals surface area (Å²) in [6.45, 7) is 10.4. The molecule has 0 aromatic heterocycles. The molecular formula is C17H30FIN4O. The topological polar surface area (TPSA) is 57.7 Å². The molecule has 3 N–H and O–H groups in total. The molecule has 0 saturated carbocycles. The van der Waals surface area contributed by atoms with Crippen molar-refractivity contribution < 1.29 is 9.13 Å². The maximum atomic E-state index is 13.5. The molecule has 0 heterocycles. The highest BCUT2D eigenvalue weighted by Gasteiger charge is 2.10. The van der Waals surface area contributed by atoms with Gasteiger partial charge in [0.1, 0.15) is 6.10 Å². The predicted molar refractivity (Wildman–Crippen MR) is 109 cm³/mol. The number of para-hydroxylation sites is 1. The second-order valence-corrected chi connectivity index (χ2v) is 6.42. The van der Waals surface area contributed by atoms with Crippen LogP contribution in [0.5, 0.6) is 5.75 Å². The Morgan fingerprint density at radius 1 is 1.21 bits per heavy atom. The molecule has 24 heavy (non-hydrogen) atoms. The quantitative estimate of drug-likeness (QED) is 0.258. The summed E-state index contributed by atoms with van der Waals surface area (Å²) in [5.74, 6) is 0.610. The van der Waals surface area contributed by atoms with Crippen LogP contribution in [-0.4, -0.2) is 44.3 Å². The molecule has 0 saturated heterocycles. The third-order valence-corrected chi connectivity index (χ3v) is 3.02. The maximum absolute atomic E-state index is 13.5. The lowest BCUT2D eigenvalue weighted by Gasteiger charge is -2.21. The molecule has 1 unspecified atom stereocenters. The van der Waals surface area contributed by atoms with Gasteiger partial charge in [-0.1, -0.05) is 12.1 Å². The lowest BCUT2D eigenvalue weighted by molar-refractivity contribution is 0.214. The molecule has 0 aliphatic rings. The van der Waals surface area contributed by atoms with Gasteiger partial charge in [0, 0.05) is 25.7 Å². The van der Waals surface area contributed by atoms with E-state index in [2.05, 4.69) is 41.7 Å². The number of nitrogens with one attached hydrogen (secondary N) is 3. The Balaban J connectivity index is 0.00000529. The third kappa shape index (κ3) is 9.92. The average Bonchev–Trinajstić information content (AvgIpc) is 2.48. The van der Waals surface area contributed by atoms with Gasteiger partial charge in [-0.25, -0.2) is 4.39 Å². The summed E-state index contributed by atoms with van der Waals surface area (Å²) in [7, 11) is 1.72. The van der Waals surface area contributed by atoms with E-state index in [1.54, 1.807) is 25.2 Å². The van der Waals surface area contributed by atoms with Crippen molar-refractivity contribution >= 4 is 29.9 Å². The fourth-order valence-electron chi connectivity index (χ4n) is 1.88. The van der Waals surface area contributed by atoms with Crippen LogP contribution in [0.3, 0.4) is 0 Å². The molecule has 0 amide bonds. The number of ether oxygens (including phenoxy) is 1. The van der Waals surface area contributed by atoms with E-state index in [1.807, 2.05) is 6.92 Å². The Morgan fingerprint density at radius 3 is 2.46 bits per heavy atom. The van der Waals surface area contributed by atoms with Crippen molar-refractivity contribution in [3.63, 3.8) is 0 Å². The Morgan fingerprint density at radius 2 is 1.88 bits per heavy atom. The van der Waals surface area contributed by atoms with Gasteiger partial charge in [-0.05, 0) is 39.8 Å². The highest BCUT2D eigenvalue weighted by molar-refractivity contribution is 14.0. The molecule has 5 nitrogen and oxygen atoms in total. The highest BCUT2D eigenvalue weighted by Crippen LogP contribution is 2.16. The second-order valence-electron chi connectivity index (χ2n) is 6.42. The molecule has 1 aromatic carbocycles. The summed E-state index contributed by atoms with van der Waals surface area (Å²) in [6.07, 6.45) is -0.182. The van der Waals surface area contributed by atoms with Crippen LogP contribution in [0.15, 0.2) is 29.3 Å². The number of hydrogen-bond donors (Lipinski definition) is 3. The number of rotatable bonds is 7. The van der Waals surface area contributed by atoms with Crippen LogP contribution in [0.2, 0.25) is 0 Å². The summed E-state index contributed by atoms with van der Waals surface area (Å²) in [6, 6.07) is 6.40. The first-order valence-electron chi connectivity index (χ1n) is 7.92. The van der Waals surface area contributed by atoms with Crippen molar-refractivity contribution in [3.8, 4) is 5.75 Å². The molecule has 0 spiro atoms. The van der Waals surface area contributed by atoms with Gasteiger partial charge in [-0.15, -0.1) is 24.0 Å². The summed E-state index contributed by atoms with van der Waals surface area (Å²) in [5.41, 5.74) is 0.0980. The van der Waals surface area contributed by atoms with Crippen molar-refractivity contribution in [1.82, 2.24) is 16.0 Å². The minimum atomic E-state index is -0.352. The Bertz CT molecular complexity index is 506. The normalized spacial score (nSPS) is 13.0. The first-order chi connectivity index (χ1) is 10.8. The van der Waals surface area contributed by atoms with Gasteiger partial charge < -0.3 is 20.7 Å². The van der Waals surface area contributed by atoms with Crippen LogP contribution in [0.25, 0.3) is 0 Å². The van der Waals surface area contributed by atoms with Crippen LogP contribution < -0.4 is 20.7 Å². The molecule has 0 aliphatic heterocycles. The number of nitrogens with zero attached hydrogens (tertiary/aromatic N) is 1. The molecule has 1 rings (SSSR count). The monoisotopic (exact) mass is 452 g/mol. The van der Waals surface area contributed by atoms with E-state index < -0.39 is 0 Å². The van der Waals surface area contributed by atoms with E-state index in [0.717, 1.165) is 13.1 Å². The predicted octanol–water partition coefficient (Wildman–Crippen LogP) is 2.76. The summed E-state index contributed by atoms with van der Waals surface area (Å²) in [4.78, 5) is 4.16. The number of guanidine groups is 1. The van der Waals surface area contributed by atoms with Crippen LogP contribution in [0.4, 0.5) is 4.39 Å². The fraction of sp³-hybridized carbons (Fsp3) is 0.588. The van der Waals surface area contributed by atoms with E-state index in [4.69, 9.17) is 4.74 Å². The minimum Gasteiger partial charge on any atom is -0.486 e. The highest BCUT2D eigenvalue weighted by atomic mass is 127. The van der Waals surface area contributed by atoms with E-state index in [9.17, 15) is 4.39 Å². The van der Waals surface area contributed by atoms with E-state index in [0.29, 0.717) is 12.5 Å². The van der Waals surface area contributed by atoms with Crippen LogP contribution in [-0.2, 0) is 0 Å². The molecule has 0 aliphatic carbocycles. The lowest BCUT2D eigenvalue weighted by atomic mass is 10.1. The van der Waals surface area contributed by atoms with Gasteiger partial charge in [0.15, 0.2) is 17.5 Å². The van der Waals surface area contributed by atoms with Gasteiger partial charge in [-0.2, -0.15) is 0 Å². The largest absolute Gasteiger partial charge is 0.486 e. The number of hydrogen-bond acceptors (Lipinski definition) is 3. The van der Waals surface area contributed by atoms with Gasteiger partial charge in [0.2, 0.25) is 0 Å². The lowest BCUT2D eigenvalue weighted by Crippen LogP contribution is -2.46. The molecule has 0 radical (unpaired) electrons. The van der Waals surface area contributed by atoms with Crippen molar-refractivity contribution in [2.24, 2.45) is 4.99 Å². The molecule has 7 heteroatoms. The van der Waals surface area contributed by atoms with Gasteiger partial charge >= 0.3 is 0 Å². The molecular weight excluding hydrogens is 422 g/mol. The standard InChI is InChI=1S/C17H29FN4O.HI/c1-13(23-15-9-7-6-8-14(15)18)12-21-16(19-5)20-10-11-22-17(2,3)4;/h6-9,13,22H,10-12H2,1-5H3,(H2,19,20,21);1H. The summed E-state index contributed by atoms with van der Waals surface area (Å²) >= 11 is 0. The Kier molecular flexibility index (Phi) is 10.9. The van der Waals surface area contributed by atoms with Crippen molar-refractivity contribution in [3.05, 3.63) is 30.1 Å². The van der Waals surface area contributed by atoms with Gasteiger partial charge in [0.25, 0.3) is 0 Å². The SMILES string of the molecule is CN=C(NCCNC(C)(C)C)NCC(C)Oc1ccccc1F.I. The summed E-state index contributed by atoms with van der Waals surface area (Å²) in [5, 5.41) is 9.78.